The minimum Gasteiger partial charge on any atom is -0.336 e. The van der Waals surface area contributed by atoms with E-state index in [1.54, 1.807) is 17.0 Å². The number of halogens is 1. The third-order valence-corrected chi connectivity index (χ3v) is 7.82. The van der Waals surface area contributed by atoms with Crippen LogP contribution in [0.1, 0.15) is 33.3 Å². The van der Waals surface area contributed by atoms with Crippen molar-refractivity contribution in [2.24, 2.45) is 0 Å². The number of nitrogens with zero attached hydrogens (tertiary/aromatic N) is 5. The molecule has 0 radical (unpaired) electrons. The second-order valence-corrected chi connectivity index (χ2v) is 10.6. The van der Waals surface area contributed by atoms with Crippen LogP contribution in [0.3, 0.4) is 0 Å². The number of hydrogen-bond acceptors (Lipinski definition) is 6. The molecule has 3 aromatic carbocycles. The van der Waals surface area contributed by atoms with Crippen molar-refractivity contribution >= 4 is 23.0 Å². The Balaban J connectivity index is 1.31. The Morgan fingerprint density at radius 2 is 1.42 bits per heavy atom. The third-order valence-electron chi connectivity index (χ3n) is 7.82. The van der Waals surface area contributed by atoms with E-state index >= 15 is 0 Å². The Kier molecular flexibility index (Phi) is 7.52. The highest BCUT2D eigenvalue weighted by atomic mass is 19.1. The Morgan fingerprint density at radius 3 is 2.05 bits per heavy atom. The second-order valence-electron chi connectivity index (χ2n) is 10.6. The highest BCUT2D eigenvalue weighted by Gasteiger charge is 2.25. The average molecular weight is 578 g/mol. The van der Waals surface area contributed by atoms with E-state index in [-0.39, 0.29) is 23.2 Å². The zero-order valence-electron chi connectivity index (χ0n) is 23.4. The molecule has 0 spiro atoms. The lowest BCUT2D eigenvalue weighted by atomic mass is 10.0. The number of hydrogen-bond donors (Lipinski definition) is 0. The van der Waals surface area contributed by atoms with E-state index < -0.39 is 4.92 Å². The number of imidazole rings is 1. The van der Waals surface area contributed by atoms with Crippen LogP contribution in [0.25, 0.3) is 28.0 Å². The Hall–Kier alpha value is -5.22. The van der Waals surface area contributed by atoms with Crippen molar-refractivity contribution in [1.82, 2.24) is 19.2 Å². The summed E-state index contributed by atoms with van der Waals surface area (Å²) in [6.45, 7) is 4.38. The zero-order valence-corrected chi connectivity index (χ0v) is 23.4. The van der Waals surface area contributed by atoms with Gasteiger partial charge in [-0.25, -0.2) is 9.37 Å². The highest BCUT2D eigenvalue weighted by Crippen LogP contribution is 2.30. The quantitative estimate of drug-likeness (QED) is 0.136. The van der Waals surface area contributed by atoms with Gasteiger partial charge in [-0.15, -0.1) is 0 Å². The van der Waals surface area contributed by atoms with Crippen LogP contribution in [0.15, 0.2) is 91.1 Å². The number of amides is 1. The van der Waals surface area contributed by atoms with E-state index in [4.69, 9.17) is 4.98 Å². The Bertz CT molecular complexity index is 1830. The van der Waals surface area contributed by atoms with Crippen molar-refractivity contribution in [3.05, 3.63) is 124 Å². The normalized spacial score (nSPS) is 13.8. The van der Waals surface area contributed by atoms with E-state index in [0.29, 0.717) is 43.9 Å². The monoisotopic (exact) mass is 577 g/mol. The topological polar surface area (TPSA) is 101 Å². The van der Waals surface area contributed by atoms with E-state index in [1.807, 2.05) is 47.0 Å². The number of pyridine rings is 1. The molecule has 3 heterocycles. The first-order valence-electron chi connectivity index (χ1n) is 13.9. The van der Waals surface area contributed by atoms with Gasteiger partial charge in [-0.3, -0.25) is 24.6 Å². The summed E-state index contributed by atoms with van der Waals surface area (Å²) in [5.74, 6) is -0.498. The first-order chi connectivity index (χ1) is 20.8. The predicted molar refractivity (Wildman–Crippen MR) is 160 cm³/mol. The number of ketones is 1. The average Bonchev–Trinajstić information content (AvgIpc) is 3.39. The molecule has 1 amide bonds. The molecule has 43 heavy (non-hydrogen) atoms. The van der Waals surface area contributed by atoms with Crippen molar-refractivity contribution in [3.63, 3.8) is 0 Å². The summed E-state index contributed by atoms with van der Waals surface area (Å²) in [6.07, 6.45) is 2.02. The van der Waals surface area contributed by atoms with E-state index in [9.17, 15) is 24.1 Å². The molecular formula is C33H28FN5O4. The number of Topliss-reactive ketones (excluding diaryl/α,β-unsaturated/α-hetero) is 1. The van der Waals surface area contributed by atoms with E-state index in [0.717, 1.165) is 33.7 Å². The van der Waals surface area contributed by atoms with Gasteiger partial charge in [0.05, 0.1) is 16.3 Å². The number of nitro groups is 1. The van der Waals surface area contributed by atoms with E-state index in [2.05, 4.69) is 4.90 Å². The summed E-state index contributed by atoms with van der Waals surface area (Å²) < 4.78 is 15.4. The van der Waals surface area contributed by atoms with Crippen molar-refractivity contribution in [3.8, 4) is 22.4 Å². The number of nitro benzene ring substituents is 1. The van der Waals surface area contributed by atoms with Crippen molar-refractivity contribution in [1.29, 1.82) is 0 Å². The summed E-state index contributed by atoms with van der Waals surface area (Å²) >= 11 is 0. The second kappa shape index (κ2) is 11.6. The number of aromatic nitrogens is 2. The van der Waals surface area contributed by atoms with Gasteiger partial charge in [-0.05, 0) is 66.6 Å². The molecule has 6 rings (SSSR count). The molecule has 1 saturated heterocycles. The highest BCUT2D eigenvalue weighted by molar-refractivity contribution is 5.95. The fraction of sp³-hybridized carbons (Fsp3) is 0.182. The van der Waals surface area contributed by atoms with Crippen LogP contribution in [0.2, 0.25) is 0 Å². The van der Waals surface area contributed by atoms with Crippen LogP contribution < -0.4 is 0 Å². The summed E-state index contributed by atoms with van der Waals surface area (Å²) in [7, 11) is 0. The maximum atomic E-state index is 13.3. The van der Waals surface area contributed by atoms with Gasteiger partial charge in [-0.2, -0.15) is 0 Å². The van der Waals surface area contributed by atoms with E-state index in [1.165, 1.54) is 43.3 Å². The maximum Gasteiger partial charge on any atom is 0.269 e. The molecule has 10 heteroatoms. The predicted octanol–water partition coefficient (Wildman–Crippen LogP) is 5.88. The number of piperazine rings is 1. The fourth-order valence-electron chi connectivity index (χ4n) is 5.38. The molecule has 0 bridgehead atoms. The smallest absolute Gasteiger partial charge is 0.269 e. The molecular weight excluding hydrogens is 549 g/mol. The third kappa shape index (κ3) is 5.77. The fourth-order valence-corrected chi connectivity index (χ4v) is 5.38. The van der Waals surface area contributed by atoms with Crippen LogP contribution in [0.5, 0.6) is 0 Å². The van der Waals surface area contributed by atoms with Crippen LogP contribution in [0, 0.1) is 15.9 Å². The number of carbonyl (C=O) groups is 2. The molecule has 216 valence electrons. The van der Waals surface area contributed by atoms with Crippen LogP contribution in [0.4, 0.5) is 10.1 Å². The van der Waals surface area contributed by atoms with Crippen molar-refractivity contribution in [2.45, 2.75) is 13.5 Å². The summed E-state index contributed by atoms with van der Waals surface area (Å²) in [5.41, 5.74) is 6.16. The lowest BCUT2D eigenvalue weighted by Gasteiger charge is -2.34. The van der Waals surface area contributed by atoms with Crippen LogP contribution >= 0.6 is 0 Å². The first-order valence-corrected chi connectivity index (χ1v) is 13.9. The first kappa shape index (κ1) is 27.9. The number of rotatable bonds is 7. The molecule has 1 aliphatic heterocycles. The molecule has 5 aromatic rings. The van der Waals surface area contributed by atoms with Gasteiger partial charge in [0.2, 0.25) is 0 Å². The standard InChI is InChI=1S/C33H28FN5O4/c1-22(40)23-2-4-24(5-3-23)27-10-15-31-35-32(25-8-13-29(14-9-25)39(42)43)30(38(31)20-27)21-36-16-18-37(19-17-36)33(41)26-6-11-28(34)12-7-26/h2-15,20H,16-19,21H2,1H3. The van der Waals surface area contributed by atoms with Gasteiger partial charge in [0.25, 0.3) is 11.6 Å². The van der Waals surface area contributed by atoms with Crippen molar-refractivity contribution < 1.29 is 18.9 Å². The molecule has 0 saturated carbocycles. The minimum absolute atomic E-state index is 0.00565. The molecule has 0 N–H and O–H groups in total. The van der Waals surface area contributed by atoms with Gasteiger partial charge in [0.1, 0.15) is 11.5 Å². The number of carbonyl (C=O) groups excluding carboxylic acids is 2. The Labute approximate surface area is 247 Å². The lowest BCUT2D eigenvalue weighted by Crippen LogP contribution is -2.48. The lowest BCUT2D eigenvalue weighted by molar-refractivity contribution is -0.384. The van der Waals surface area contributed by atoms with Gasteiger partial charge >= 0.3 is 0 Å². The maximum absolute atomic E-state index is 13.3. The molecule has 1 fully saturated rings. The molecule has 0 atom stereocenters. The van der Waals surface area contributed by atoms with Gasteiger partial charge in [0, 0.05) is 67.7 Å². The van der Waals surface area contributed by atoms with Crippen molar-refractivity contribution in [2.75, 3.05) is 26.2 Å². The molecule has 2 aromatic heterocycles. The van der Waals surface area contributed by atoms with Crippen LogP contribution in [-0.4, -0.2) is 62.0 Å². The Morgan fingerprint density at radius 1 is 0.814 bits per heavy atom. The summed E-state index contributed by atoms with van der Waals surface area (Å²) in [6, 6.07) is 23.3. The van der Waals surface area contributed by atoms with Gasteiger partial charge in [-0.1, -0.05) is 24.3 Å². The molecule has 1 aliphatic rings. The summed E-state index contributed by atoms with van der Waals surface area (Å²) in [4.78, 5) is 44.5. The number of fused-ring (bicyclic) bond motifs is 1. The van der Waals surface area contributed by atoms with Gasteiger partial charge < -0.3 is 9.30 Å². The molecule has 0 unspecified atom stereocenters. The minimum atomic E-state index is -0.426. The molecule has 9 nitrogen and oxygen atoms in total. The van der Waals surface area contributed by atoms with Crippen LogP contribution in [-0.2, 0) is 6.54 Å². The summed E-state index contributed by atoms with van der Waals surface area (Å²) in [5, 5.41) is 11.2. The SMILES string of the molecule is CC(=O)c1ccc(-c2ccc3nc(-c4ccc([N+](=O)[O-])cc4)c(CN4CCN(C(=O)c5ccc(F)cc5)CC4)n3c2)cc1. The molecule has 0 aliphatic carbocycles. The zero-order chi connectivity index (χ0) is 30.1. The largest absolute Gasteiger partial charge is 0.336 e. The number of benzene rings is 3. The number of non-ortho nitro benzene ring substituents is 1. The van der Waals surface area contributed by atoms with Gasteiger partial charge in [0.15, 0.2) is 5.78 Å².